The Labute approximate surface area is 125 Å². The number of carbonyl (C=O) groups excluding carboxylic acids is 1. The van der Waals surface area contributed by atoms with Gasteiger partial charge in [-0.25, -0.2) is 0 Å². The Bertz CT molecular complexity index is 492. The van der Waals surface area contributed by atoms with Gasteiger partial charge in [0.15, 0.2) is 0 Å². The number of anilines is 1. The molecule has 5 heteroatoms. The number of halogens is 1. The van der Waals surface area contributed by atoms with Crippen molar-refractivity contribution < 1.29 is 4.79 Å². The molecular formula is C15H22ClN3O. The van der Waals surface area contributed by atoms with Crippen molar-refractivity contribution in [1.29, 1.82) is 0 Å². The Balaban J connectivity index is 2.25. The molecule has 1 aliphatic rings. The molecule has 1 fully saturated rings. The Morgan fingerprint density at radius 1 is 1.45 bits per heavy atom. The lowest BCUT2D eigenvalue weighted by molar-refractivity contribution is 0.0676. The van der Waals surface area contributed by atoms with E-state index in [-0.39, 0.29) is 11.9 Å². The second-order valence-corrected chi connectivity index (χ2v) is 5.82. The minimum Gasteiger partial charge on any atom is -0.399 e. The molecule has 1 aromatic rings. The fourth-order valence-electron chi connectivity index (χ4n) is 2.72. The fourth-order valence-corrected chi connectivity index (χ4v) is 2.99. The molecule has 2 N–H and O–H groups in total. The SMILES string of the molecule is CCC1CN(C)CCCN1C(=O)c1ccc(N)cc1Cl. The number of carbonyl (C=O) groups is 1. The van der Waals surface area contributed by atoms with Gasteiger partial charge in [0.05, 0.1) is 10.6 Å². The summed E-state index contributed by atoms with van der Waals surface area (Å²) in [5, 5.41) is 0.433. The van der Waals surface area contributed by atoms with Crippen LogP contribution in [0.5, 0.6) is 0 Å². The van der Waals surface area contributed by atoms with Gasteiger partial charge in [-0.15, -0.1) is 0 Å². The normalized spacial score (nSPS) is 20.8. The zero-order valence-corrected chi connectivity index (χ0v) is 12.9. The van der Waals surface area contributed by atoms with Crippen molar-refractivity contribution in [1.82, 2.24) is 9.80 Å². The van der Waals surface area contributed by atoms with Crippen molar-refractivity contribution in [2.45, 2.75) is 25.8 Å². The number of benzene rings is 1. The number of amides is 1. The highest BCUT2D eigenvalue weighted by atomic mass is 35.5. The summed E-state index contributed by atoms with van der Waals surface area (Å²) in [6.45, 7) is 4.83. The molecular weight excluding hydrogens is 274 g/mol. The predicted octanol–water partition coefficient (Wildman–Crippen LogP) is 2.48. The van der Waals surface area contributed by atoms with Crippen molar-refractivity contribution in [3.8, 4) is 0 Å². The van der Waals surface area contributed by atoms with Crippen molar-refractivity contribution in [2.24, 2.45) is 0 Å². The number of nitrogen functional groups attached to an aromatic ring is 1. The number of hydrogen-bond acceptors (Lipinski definition) is 3. The zero-order valence-electron chi connectivity index (χ0n) is 12.1. The van der Waals surface area contributed by atoms with Crippen LogP contribution in [-0.4, -0.2) is 48.4 Å². The molecule has 1 aliphatic heterocycles. The van der Waals surface area contributed by atoms with Crippen LogP contribution in [0.2, 0.25) is 5.02 Å². The summed E-state index contributed by atoms with van der Waals surface area (Å²) in [6.07, 6.45) is 1.94. The van der Waals surface area contributed by atoms with E-state index < -0.39 is 0 Å². The van der Waals surface area contributed by atoms with Gasteiger partial charge >= 0.3 is 0 Å². The number of nitrogens with two attached hydrogens (primary N) is 1. The van der Waals surface area contributed by atoms with E-state index in [2.05, 4.69) is 18.9 Å². The molecule has 1 heterocycles. The number of hydrogen-bond donors (Lipinski definition) is 1. The van der Waals surface area contributed by atoms with E-state index in [0.29, 0.717) is 16.3 Å². The van der Waals surface area contributed by atoms with E-state index >= 15 is 0 Å². The highest BCUT2D eigenvalue weighted by molar-refractivity contribution is 6.34. The monoisotopic (exact) mass is 295 g/mol. The van der Waals surface area contributed by atoms with E-state index in [4.69, 9.17) is 17.3 Å². The zero-order chi connectivity index (χ0) is 14.7. The lowest BCUT2D eigenvalue weighted by Gasteiger charge is -2.30. The Morgan fingerprint density at radius 2 is 2.20 bits per heavy atom. The Kier molecular flexibility index (Phi) is 4.89. The molecule has 1 aromatic carbocycles. The van der Waals surface area contributed by atoms with Crippen molar-refractivity contribution in [3.63, 3.8) is 0 Å². The van der Waals surface area contributed by atoms with Crippen LogP contribution >= 0.6 is 11.6 Å². The lowest BCUT2D eigenvalue weighted by Crippen LogP contribution is -2.43. The van der Waals surface area contributed by atoms with E-state index in [1.54, 1.807) is 18.2 Å². The van der Waals surface area contributed by atoms with Crippen LogP contribution in [0.15, 0.2) is 18.2 Å². The molecule has 0 spiro atoms. The standard InChI is InChI=1S/C15H22ClN3O/c1-3-12-10-18(2)7-4-8-19(12)15(20)13-6-5-11(17)9-14(13)16/h5-6,9,12H,3-4,7-8,10,17H2,1-2H3. The van der Waals surface area contributed by atoms with Gasteiger partial charge in [0.1, 0.15) is 0 Å². The van der Waals surface area contributed by atoms with Gasteiger partial charge in [0, 0.05) is 24.8 Å². The molecule has 0 radical (unpaired) electrons. The molecule has 0 aliphatic carbocycles. The summed E-state index contributed by atoms with van der Waals surface area (Å²) >= 11 is 6.17. The summed E-state index contributed by atoms with van der Waals surface area (Å²) in [5.41, 5.74) is 6.81. The van der Waals surface area contributed by atoms with Crippen LogP contribution in [-0.2, 0) is 0 Å². The molecule has 4 nitrogen and oxygen atoms in total. The molecule has 1 amide bonds. The minimum atomic E-state index is 0.0113. The predicted molar refractivity (Wildman–Crippen MR) is 83.1 cm³/mol. The first-order valence-electron chi connectivity index (χ1n) is 7.07. The lowest BCUT2D eigenvalue weighted by atomic mass is 10.1. The first-order valence-corrected chi connectivity index (χ1v) is 7.45. The van der Waals surface area contributed by atoms with Gasteiger partial charge in [0.2, 0.25) is 0 Å². The fraction of sp³-hybridized carbons (Fsp3) is 0.533. The molecule has 1 atom stereocenters. The summed E-state index contributed by atoms with van der Waals surface area (Å²) in [4.78, 5) is 17.0. The second-order valence-electron chi connectivity index (χ2n) is 5.42. The summed E-state index contributed by atoms with van der Waals surface area (Å²) in [6, 6.07) is 5.33. The summed E-state index contributed by atoms with van der Waals surface area (Å²) in [5.74, 6) is 0.0113. The maximum atomic E-state index is 12.7. The summed E-state index contributed by atoms with van der Waals surface area (Å²) in [7, 11) is 2.10. The van der Waals surface area contributed by atoms with E-state index in [1.165, 1.54) is 0 Å². The molecule has 1 unspecified atom stereocenters. The summed E-state index contributed by atoms with van der Waals surface area (Å²) < 4.78 is 0. The highest BCUT2D eigenvalue weighted by Crippen LogP contribution is 2.23. The highest BCUT2D eigenvalue weighted by Gasteiger charge is 2.27. The smallest absolute Gasteiger partial charge is 0.255 e. The van der Waals surface area contributed by atoms with Crippen LogP contribution in [0.4, 0.5) is 5.69 Å². The second kappa shape index (κ2) is 6.46. The minimum absolute atomic E-state index is 0.0113. The van der Waals surface area contributed by atoms with Crippen molar-refractivity contribution >= 4 is 23.2 Å². The van der Waals surface area contributed by atoms with Gasteiger partial charge in [-0.2, -0.15) is 0 Å². The molecule has 20 heavy (non-hydrogen) atoms. The van der Waals surface area contributed by atoms with Crippen LogP contribution in [0.25, 0.3) is 0 Å². The largest absolute Gasteiger partial charge is 0.399 e. The van der Waals surface area contributed by atoms with Gasteiger partial charge < -0.3 is 15.5 Å². The van der Waals surface area contributed by atoms with Crippen LogP contribution in [0.3, 0.4) is 0 Å². The average Bonchev–Trinajstić information content (AvgIpc) is 2.59. The van der Waals surface area contributed by atoms with E-state index in [1.807, 2.05) is 4.90 Å². The first-order chi connectivity index (χ1) is 9.52. The van der Waals surface area contributed by atoms with Gasteiger partial charge in [-0.1, -0.05) is 18.5 Å². The maximum absolute atomic E-state index is 12.7. The van der Waals surface area contributed by atoms with Crippen LogP contribution in [0, 0.1) is 0 Å². The van der Waals surface area contributed by atoms with E-state index in [0.717, 1.165) is 32.5 Å². The van der Waals surface area contributed by atoms with Gasteiger partial charge in [0.25, 0.3) is 5.91 Å². The Hall–Kier alpha value is -1.26. The molecule has 0 saturated carbocycles. The molecule has 2 rings (SSSR count). The molecule has 0 bridgehead atoms. The number of rotatable bonds is 2. The third-order valence-electron chi connectivity index (χ3n) is 3.86. The van der Waals surface area contributed by atoms with Crippen LogP contribution < -0.4 is 5.73 Å². The topological polar surface area (TPSA) is 49.6 Å². The third-order valence-corrected chi connectivity index (χ3v) is 4.17. The van der Waals surface area contributed by atoms with Crippen molar-refractivity contribution in [2.75, 3.05) is 32.4 Å². The van der Waals surface area contributed by atoms with Gasteiger partial charge in [-0.05, 0) is 44.6 Å². The van der Waals surface area contributed by atoms with Gasteiger partial charge in [-0.3, -0.25) is 4.79 Å². The van der Waals surface area contributed by atoms with Crippen molar-refractivity contribution in [3.05, 3.63) is 28.8 Å². The molecule has 110 valence electrons. The molecule has 0 aromatic heterocycles. The Morgan fingerprint density at radius 3 is 2.85 bits per heavy atom. The third kappa shape index (κ3) is 3.25. The first kappa shape index (κ1) is 15.1. The quantitative estimate of drug-likeness (QED) is 0.853. The van der Waals surface area contributed by atoms with E-state index in [9.17, 15) is 4.79 Å². The number of likely N-dealkylation sites (N-methyl/N-ethyl adjacent to an activating group) is 1. The number of nitrogens with zero attached hydrogens (tertiary/aromatic N) is 2. The average molecular weight is 296 g/mol. The van der Waals surface area contributed by atoms with Crippen LogP contribution in [0.1, 0.15) is 30.1 Å². The molecule has 1 saturated heterocycles. The maximum Gasteiger partial charge on any atom is 0.255 e.